The standard InChI is InChI=1S/C29H36F4N8O2/c1-16(2)41-25(34-15-35-41)26(43)39-24(19-5-8-28(30,31)9-6-19)21-14-40-10-7-20(36-27(40)37-21)23(18-3-4-18)38-22(42)11-17-12-29(32,33)13-17/h7,10,14-19,23-24H,3-6,8-9,11-13H2,1-2H3,(H,38,42)(H,39,43)/t23?,24-/m0/s1. The lowest BCUT2D eigenvalue weighted by Crippen LogP contribution is -2.39. The highest BCUT2D eigenvalue weighted by Gasteiger charge is 2.46. The molecule has 232 valence electrons. The van der Waals surface area contributed by atoms with Gasteiger partial charge in [-0.25, -0.2) is 37.2 Å². The van der Waals surface area contributed by atoms with Crippen LogP contribution in [0.15, 0.2) is 24.8 Å². The molecule has 3 aromatic heterocycles. The summed E-state index contributed by atoms with van der Waals surface area (Å²) in [7, 11) is 0. The Morgan fingerprint density at radius 1 is 0.953 bits per heavy atom. The van der Waals surface area contributed by atoms with Crippen molar-refractivity contribution in [2.75, 3.05) is 0 Å². The first-order valence-electron chi connectivity index (χ1n) is 15.0. The fourth-order valence-corrected chi connectivity index (χ4v) is 6.34. The summed E-state index contributed by atoms with van der Waals surface area (Å²) in [6.07, 6.45) is 6.05. The second kappa shape index (κ2) is 11.2. The summed E-state index contributed by atoms with van der Waals surface area (Å²) in [6.45, 7) is 3.75. The van der Waals surface area contributed by atoms with Gasteiger partial charge in [0, 0.05) is 50.5 Å². The molecule has 43 heavy (non-hydrogen) atoms. The van der Waals surface area contributed by atoms with Crippen molar-refractivity contribution in [3.63, 3.8) is 0 Å². The fourth-order valence-electron chi connectivity index (χ4n) is 6.34. The Kier molecular flexibility index (Phi) is 7.66. The molecule has 3 aliphatic rings. The van der Waals surface area contributed by atoms with Gasteiger partial charge in [0.15, 0.2) is 0 Å². The monoisotopic (exact) mass is 604 g/mol. The molecule has 3 fully saturated rings. The average Bonchev–Trinajstić information content (AvgIpc) is 3.47. The zero-order valence-electron chi connectivity index (χ0n) is 24.1. The third-order valence-electron chi connectivity index (χ3n) is 8.85. The van der Waals surface area contributed by atoms with Crippen LogP contribution in [0, 0.1) is 17.8 Å². The summed E-state index contributed by atoms with van der Waals surface area (Å²) in [5.74, 6) is -6.08. The summed E-state index contributed by atoms with van der Waals surface area (Å²) < 4.78 is 57.8. The molecule has 3 aliphatic carbocycles. The zero-order chi connectivity index (χ0) is 30.5. The third-order valence-corrected chi connectivity index (χ3v) is 8.85. The van der Waals surface area contributed by atoms with Crippen molar-refractivity contribution in [1.82, 2.24) is 39.8 Å². The molecule has 0 spiro atoms. The van der Waals surface area contributed by atoms with Crippen LogP contribution in [0.4, 0.5) is 17.6 Å². The van der Waals surface area contributed by atoms with E-state index in [1.54, 1.807) is 22.9 Å². The van der Waals surface area contributed by atoms with Crippen LogP contribution in [0.3, 0.4) is 0 Å². The van der Waals surface area contributed by atoms with Gasteiger partial charge in [0.2, 0.25) is 29.4 Å². The minimum absolute atomic E-state index is 0.0565. The molecule has 0 saturated heterocycles. The van der Waals surface area contributed by atoms with Gasteiger partial charge in [-0.1, -0.05) is 0 Å². The van der Waals surface area contributed by atoms with Crippen molar-refractivity contribution in [2.45, 2.75) is 102 Å². The predicted octanol–water partition coefficient (Wildman–Crippen LogP) is 5.20. The van der Waals surface area contributed by atoms with Gasteiger partial charge >= 0.3 is 0 Å². The minimum Gasteiger partial charge on any atom is -0.347 e. The molecule has 0 aliphatic heterocycles. The highest BCUT2D eigenvalue weighted by Crippen LogP contribution is 2.45. The van der Waals surface area contributed by atoms with Crippen LogP contribution in [-0.4, -0.2) is 52.8 Å². The van der Waals surface area contributed by atoms with Crippen molar-refractivity contribution in [1.29, 1.82) is 0 Å². The maximum Gasteiger partial charge on any atom is 0.289 e. The number of aromatic nitrogens is 6. The smallest absolute Gasteiger partial charge is 0.289 e. The van der Waals surface area contributed by atoms with Crippen LogP contribution in [0.1, 0.15) is 112 Å². The fraction of sp³-hybridized carbons (Fsp3) is 0.655. The molecule has 2 atom stereocenters. The second-order valence-corrected chi connectivity index (χ2v) is 12.7. The summed E-state index contributed by atoms with van der Waals surface area (Å²) >= 11 is 0. The number of hydrogen-bond acceptors (Lipinski definition) is 6. The topological polar surface area (TPSA) is 119 Å². The molecule has 0 aromatic carbocycles. The van der Waals surface area contributed by atoms with Crippen molar-refractivity contribution >= 4 is 17.6 Å². The number of hydrogen-bond donors (Lipinski definition) is 2. The van der Waals surface area contributed by atoms with Crippen LogP contribution in [0.25, 0.3) is 5.78 Å². The molecule has 10 nitrogen and oxygen atoms in total. The van der Waals surface area contributed by atoms with E-state index in [0.717, 1.165) is 12.8 Å². The quantitative estimate of drug-likeness (QED) is 0.307. The number of alkyl halides is 4. The third kappa shape index (κ3) is 6.52. The van der Waals surface area contributed by atoms with E-state index in [0.29, 0.717) is 17.2 Å². The zero-order valence-corrected chi connectivity index (χ0v) is 24.1. The normalized spacial score (nSPS) is 21.8. The van der Waals surface area contributed by atoms with E-state index < -0.39 is 23.8 Å². The van der Waals surface area contributed by atoms with Gasteiger partial charge in [-0.05, 0) is 63.4 Å². The van der Waals surface area contributed by atoms with E-state index >= 15 is 0 Å². The summed E-state index contributed by atoms with van der Waals surface area (Å²) in [6, 6.07) is 0.656. The van der Waals surface area contributed by atoms with Crippen LogP contribution in [-0.2, 0) is 4.79 Å². The first kappa shape index (κ1) is 29.5. The summed E-state index contributed by atoms with van der Waals surface area (Å²) in [5.41, 5.74) is 1.10. The van der Waals surface area contributed by atoms with Crippen molar-refractivity contribution in [3.05, 3.63) is 42.0 Å². The largest absolute Gasteiger partial charge is 0.347 e. The number of fused-ring (bicyclic) bond motifs is 1. The summed E-state index contributed by atoms with van der Waals surface area (Å²) in [4.78, 5) is 39.6. The van der Waals surface area contributed by atoms with Gasteiger partial charge in [0.1, 0.15) is 6.33 Å². The Bertz CT molecular complexity index is 1480. The molecule has 14 heteroatoms. The molecule has 3 saturated carbocycles. The van der Waals surface area contributed by atoms with Gasteiger partial charge in [-0.3, -0.25) is 14.0 Å². The van der Waals surface area contributed by atoms with E-state index in [1.807, 2.05) is 13.8 Å². The van der Waals surface area contributed by atoms with Gasteiger partial charge < -0.3 is 10.6 Å². The Morgan fingerprint density at radius 3 is 2.26 bits per heavy atom. The second-order valence-electron chi connectivity index (χ2n) is 12.7. The molecule has 6 rings (SSSR count). The number of amides is 2. The number of nitrogens with one attached hydrogen (secondary N) is 2. The molecule has 0 radical (unpaired) electrons. The Hall–Kier alpha value is -3.58. The Morgan fingerprint density at radius 2 is 1.60 bits per heavy atom. The van der Waals surface area contributed by atoms with E-state index in [2.05, 4.69) is 20.7 Å². The average molecular weight is 605 g/mol. The van der Waals surface area contributed by atoms with Crippen LogP contribution in [0.5, 0.6) is 0 Å². The predicted molar refractivity (Wildman–Crippen MR) is 146 cm³/mol. The first-order chi connectivity index (χ1) is 20.4. The lowest BCUT2D eigenvalue weighted by molar-refractivity contribution is -0.134. The first-order valence-corrected chi connectivity index (χ1v) is 15.0. The van der Waals surface area contributed by atoms with Crippen LogP contribution in [0.2, 0.25) is 0 Å². The van der Waals surface area contributed by atoms with Gasteiger partial charge in [-0.15, -0.1) is 0 Å². The SMILES string of the molecule is CC(C)n1ncnc1C(=O)N[C@H](c1cn2ccc(C(NC(=O)CC3CC(F)(F)C3)C3CC3)nc2n1)C1CCC(F)(F)CC1. The number of rotatable bonds is 10. The molecule has 2 N–H and O–H groups in total. The van der Waals surface area contributed by atoms with Crippen molar-refractivity contribution < 1.29 is 27.2 Å². The van der Waals surface area contributed by atoms with E-state index in [1.165, 1.54) is 11.0 Å². The van der Waals surface area contributed by atoms with Crippen LogP contribution >= 0.6 is 0 Å². The maximum atomic E-state index is 14.0. The minimum atomic E-state index is -2.74. The lowest BCUT2D eigenvalue weighted by atomic mass is 9.79. The molecular formula is C29H36F4N8O2. The van der Waals surface area contributed by atoms with Crippen molar-refractivity contribution in [2.24, 2.45) is 17.8 Å². The van der Waals surface area contributed by atoms with Gasteiger partial charge in [0.25, 0.3) is 5.91 Å². The summed E-state index contributed by atoms with van der Waals surface area (Å²) in [5, 5.41) is 10.1. The van der Waals surface area contributed by atoms with E-state index in [9.17, 15) is 27.2 Å². The molecule has 2 amide bonds. The molecular weight excluding hydrogens is 568 g/mol. The van der Waals surface area contributed by atoms with Gasteiger partial charge in [0.05, 0.1) is 23.5 Å². The number of imidazole rings is 1. The van der Waals surface area contributed by atoms with Crippen LogP contribution < -0.4 is 10.6 Å². The number of nitrogens with zero attached hydrogens (tertiary/aromatic N) is 6. The number of carbonyl (C=O) groups is 2. The van der Waals surface area contributed by atoms with Gasteiger partial charge in [-0.2, -0.15) is 5.10 Å². The highest BCUT2D eigenvalue weighted by molar-refractivity contribution is 5.91. The van der Waals surface area contributed by atoms with E-state index in [-0.39, 0.29) is 86.5 Å². The lowest BCUT2D eigenvalue weighted by Gasteiger charge is -2.34. The van der Waals surface area contributed by atoms with Crippen molar-refractivity contribution in [3.8, 4) is 0 Å². The molecule has 0 bridgehead atoms. The number of carbonyl (C=O) groups excluding carboxylic acids is 2. The number of halogens is 4. The Balaban J connectivity index is 1.24. The highest BCUT2D eigenvalue weighted by atomic mass is 19.3. The molecule has 3 heterocycles. The molecule has 3 aromatic rings. The van der Waals surface area contributed by atoms with E-state index in [4.69, 9.17) is 9.97 Å². The maximum absolute atomic E-state index is 14.0. The Labute approximate surface area is 246 Å². The molecule has 1 unspecified atom stereocenters.